The Bertz CT molecular complexity index is 893. The van der Waals surface area contributed by atoms with E-state index in [-0.39, 0.29) is 11.5 Å². The van der Waals surface area contributed by atoms with Gasteiger partial charge in [0.05, 0.1) is 5.56 Å². The number of anilines is 2. The van der Waals surface area contributed by atoms with Gasteiger partial charge in [-0.3, -0.25) is 9.59 Å². The van der Waals surface area contributed by atoms with Gasteiger partial charge in [-0.2, -0.15) is 13.2 Å². The van der Waals surface area contributed by atoms with E-state index in [1.54, 1.807) is 23.1 Å². The molecule has 0 spiro atoms. The number of amides is 2. The molecule has 0 bridgehead atoms. The number of alkyl halides is 3. The average molecular weight is 366 g/mol. The molecule has 2 aromatic rings. The molecule has 1 aliphatic heterocycles. The zero-order valence-corrected chi connectivity index (χ0v) is 13.7. The van der Waals surface area contributed by atoms with Gasteiger partial charge in [0.1, 0.15) is 5.82 Å². The lowest BCUT2D eigenvalue weighted by atomic mass is 10.1. The number of halogens is 4. The fourth-order valence-corrected chi connectivity index (χ4v) is 2.89. The van der Waals surface area contributed by atoms with Crippen molar-refractivity contribution in [3.63, 3.8) is 0 Å². The fourth-order valence-electron chi connectivity index (χ4n) is 2.89. The molecule has 1 aliphatic rings. The number of fused-ring (bicyclic) bond motifs is 1. The lowest BCUT2D eigenvalue weighted by Gasteiger charge is -2.15. The molecule has 0 saturated carbocycles. The highest BCUT2D eigenvalue weighted by Gasteiger charge is 2.34. The summed E-state index contributed by atoms with van der Waals surface area (Å²) in [6.45, 7) is 1.99. The minimum absolute atomic E-state index is 0.0912. The van der Waals surface area contributed by atoms with Crippen LogP contribution in [0, 0.1) is 5.82 Å². The van der Waals surface area contributed by atoms with E-state index in [0.29, 0.717) is 30.8 Å². The van der Waals surface area contributed by atoms with Crippen molar-refractivity contribution in [2.45, 2.75) is 19.5 Å². The maximum Gasteiger partial charge on any atom is 0.419 e. The zero-order chi connectivity index (χ0) is 19.1. The maximum absolute atomic E-state index is 13.3. The van der Waals surface area contributed by atoms with Crippen LogP contribution in [-0.2, 0) is 17.4 Å². The zero-order valence-electron chi connectivity index (χ0n) is 13.7. The van der Waals surface area contributed by atoms with E-state index >= 15 is 0 Å². The van der Waals surface area contributed by atoms with Crippen molar-refractivity contribution in [2.24, 2.45) is 0 Å². The van der Waals surface area contributed by atoms with E-state index < -0.39 is 23.5 Å². The molecule has 0 fully saturated rings. The van der Waals surface area contributed by atoms with E-state index in [1.807, 2.05) is 0 Å². The Morgan fingerprint density at radius 2 is 1.85 bits per heavy atom. The summed E-state index contributed by atoms with van der Waals surface area (Å²) in [6.07, 6.45) is -4.27. The quantitative estimate of drug-likeness (QED) is 0.817. The van der Waals surface area contributed by atoms with Crippen LogP contribution >= 0.6 is 0 Å². The number of rotatable bonds is 2. The Balaban J connectivity index is 1.82. The van der Waals surface area contributed by atoms with Crippen molar-refractivity contribution < 1.29 is 27.2 Å². The molecule has 0 aromatic heterocycles. The van der Waals surface area contributed by atoms with Gasteiger partial charge >= 0.3 is 6.18 Å². The number of benzene rings is 2. The molecule has 26 heavy (non-hydrogen) atoms. The van der Waals surface area contributed by atoms with Crippen LogP contribution in [0.3, 0.4) is 0 Å². The third-order valence-corrected chi connectivity index (χ3v) is 4.15. The summed E-state index contributed by atoms with van der Waals surface area (Å²) in [4.78, 5) is 25.4. The van der Waals surface area contributed by atoms with E-state index in [4.69, 9.17) is 0 Å². The largest absolute Gasteiger partial charge is 0.419 e. The third kappa shape index (κ3) is 3.40. The first kappa shape index (κ1) is 17.9. The predicted octanol–water partition coefficient (Wildman–Crippen LogP) is 4.01. The Kier molecular flexibility index (Phi) is 4.43. The van der Waals surface area contributed by atoms with Gasteiger partial charge in [0.2, 0.25) is 5.91 Å². The summed E-state index contributed by atoms with van der Waals surface area (Å²) in [5.41, 5.74) is 0.197. The molecule has 0 radical (unpaired) electrons. The van der Waals surface area contributed by atoms with Crippen molar-refractivity contribution in [1.82, 2.24) is 0 Å². The van der Waals surface area contributed by atoms with Crippen LogP contribution in [0.25, 0.3) is 0 Å². The second-order valence-electron chi connectivity index (χ2n) is 5.91. The topological polar surface area (TPSA) is 49.4 Å². The highest BCUT2D eigenvalue weighted by molar-refractivity contribution is 6.04. The number of hydrogen-bond acceptors (Lipinski definition) is 2. The SMILES string of the molecule is CC(=O)N1CCc2cc(NC(=O)c3ccc(F)c(C(F)(F)F)c3)ccc21. The van der Waals surface area contributed by atoms with Gasteiger partial charge in [0.15, 0.2) is 0 Å². The molecule has 136 valence electrons. The summed E-state index contributed by atoms with van der Waals surface area (Å²) in [7, 11) is 0. The van der Waals surface area contributed by atoms with Crippen LogP contribution in [0.4, 0.5) is 28.9 Å². The van der Waals surface area contributed by atoms with Crippen LogP contribution < -0.4 is 10.2 Å². The van der Waals surface area contributed by atoms with Crippen molar-refractivity contribution >= 4 is 23.2 Å². The van der Waals surface area contributed by atoms with Crippen molar-refractivity contribution in [3.8, 4) is 0 Å². The number of carbonyl (C=O) groups is 2. The van der Waals surface area contributed by atoms with Crippen molar-refractivity contribution in [1.29, 1.82) is 0 Å². The molecule has 0 atom stereocenters. The normalized spacial score (nSPS) is 13.5. The monoisotopic (exact) mass is 366 g/mol. The standard InChI is InChI=1S/C18H14F4N2O2/c1-10(25)24-7-6-11-8-13(3-5-16(11)24)23-17(26)12-2-4-15(19)14(9-12)18(20,21)22/h2-5,8-9H,6-7H2,1H3,(H,23,26). The molecule has 2 aromatic carbocycles. The highest BCUT2D eigenvalue weighted by Crippen LogP contribution is 2.33. The second kappa shape index (κ2) is 6.44. The van der Waals surface area contributed by atoms with Gasteiger partial charge in [0, 0.05) is 30.4 Å². The third-order valence-electron chi connectivity index (χ3n) is 4.15. The summed E-state index contributed by atoms with van der Waals surface area (Å²) in [5.74, 6) is -2.31. The van der Waals surface area contributed by atoms with Crippen LogP contribution in [-0.4, -0.2) is 18.4 Å². The molecule has 4 nitrogen and oxygen atoms in total. The molecular formula is C18H14F4N2O2. The molecule has 0 saturated heterocycles. The molecular weight excluding hydrogens is 352 g/mol. The minimum atomic E-state index is -4.88. The summed E-state index contributed by atoms with van der Waals surface area (Å²) in [6, 6.07) is 6.99. The van der Waals surface area contributed by atoms with Gasteiger partial charge in [-0.15, -0.1) is 0 Å². The van der Waals surface area contributed by atoms with Gasteiger partial charge in [0.25, 0.3) is 5.91 Å². The fraction of sp³-hybridized carbons (Fsp3) is 0.222. The Labute approximate surface area is 146 Å². The van der Waals surface area contributed by atoms with Crippen LogP contribution in [0.5, 0.6) is 0 Å². The molecule has 1 N–H and O–H groups in total. The molecule has 0 aliphatic carbocycles. The van der Waals surface area contributed by atoms with Gasteiger partial charge in [-0.25, -0.2) is 4.39 Å². The van der Waals surface area contributed by atoms with Gasteiger partial charge in [-0.05, 0) is 48.4 Å². The summed E-state index contributed by atoms with van der Waals surface area (Å²) < 4.78 is 51.6. The Morgan fingerprint density at radius 3 is 2.50 bits per heavy atom. The summed E-state index contributed by atoms with van der Waals surface area (Å²) >= 11 is 0. The molecule has 3 rings (SSSR count). The lowest BCUT2D eigenvalue weighted by Crippen LogP contribution is -2.25. The van der Waals surface area contributed by atoms with Crippen LogP contribution in [0.2, 0.25) is 0 Å². The number of carbonyl (C=O) groups excluding carboxylic acids is 2. The van der Waals surface area contributed by atoms with Crippen molar-refractivity contribution in [2.75, 3.05) is 16.8 Å². The van der Waals surface area contributed by atoms with Gasteiger partial charge in [-0.1, -0.05) is 0 Å². The number of nitrogens with zero attached hydrogens (tertiary/aromatic N) is 1. The molecule has 8 heteroatoms. The second-order valence-corrected chi connectivity index (χ2v) is 5.91. The molecule has 0 unspecified atom stereocenters. The first-order chi connectivity index (χ1) is 12.2. The first-order valence-electron chi connectivity index (χ1n) is 7.76. The minimum Gasteiger partial charge on any atom is -0.322 e. The smallest absolute Gasteiger partial charge is 0.322 e. The van der Waals surface area contributed by atoms with E-state index in [2.05, 4.69) is 5.32 Å². The summed E-state index contributed by atoms with van der Waals surface area (Å²) in [5, 5.41) is 2.50. The average Bonchev–Trinajstić information content (AvgIpc) is 2.97. The molecule has 2 amide bonds. The molecule has 1 heterocycles. The van der Waals surface area contributed by atoms with Crippen LogP contribution in [0.1, 0.15) is 28.4 Å². The highest BCUT2D eigenvalue weighted by atomic mass is 19.4. The lowest BCUT2D eigenvalue weighted by molar-refractivity contribution is -0.140. The van der Waals surface area contributed by atoms with Crippen LogP contribution in [0.15, 0.2) is 36.4 Å². The van der Waals surface area contributed by atoms with E-state index in [1.165, 1.54) is 6.92 Å². The van der Waals surface area contributed by atoms with E-state index in [9.17, 15) is 27.2 Å². The maximum atomic E-state index is 13.3. The van der Waals surface area contributed by atoms with Crippen molar-refractivity contribution in [3.05, 3.63) is 58.9 Å². The Morgan fingerprint density at radius 1 is 1.12 bits per heavy atom. The number of hydrogen-bond donors (Lipinski definition) is 1. The predicted molar refractivity (Wildman–Crippen MR) is 87.5 cm³/mol. The first-order valence-corrected chi connectivity index (χ1v) is 7.76. The Hall–Kier alpha value is -2.90. The van der Waals surface area contributed by atoms with E-state index in [0.717, 1.165) is 17.3 Å². The number of nitrogens with one attached hydrogen (secondary N) is 1. The van der Waals surface area contributed by atoms with Gasteiger partial charge < -0.3 is 10.2 Å².